The van der Waals surface area contributed by atoms with Crippen LogP contribution >= 0.6 is 11.8 Å². The molecule has 0 saturated carbocycles. The van der Waals surface area contributed by atoms with Gasteiger partial charge in [0.05, 0.1) is 4.87 Å². The van der Waals surface area contributed by atoms with E-state index in [1.807, 2.05) is 4.90 Å². The number of hydrogen-bond donors (Lipinski definition) is 1. The summed E-state index contributed by atoms with van der Waals surface area (Å²) in [5.74, 6) is 1.64. The predicted octanol–water partition coefficient (Wildman–Crippen LogP) is 2.99. The zero-order chi connectivity index (χ0) is 19.7. The first kappa shape index (κ1) is 19.8. The number of nitrogens with zero attached hydrogens (tertiary/aromatic N) is 2. The summed E-state index contributed by atoms with van der Waals surface area (Å²) in [6.45, 7) is 8.32. The van der Waals surface area contributed by atoms with Crippen LogP contribution < -0.4 is 5.32 Å². The van der Waals surface area contributed by atoms with Crippen LogP contribution in [0.25, 0.3) is 0 Å². The van der Waals surface area contributed by atoms with Crippen molar-refractivity contribution in [2.75, 3.05) is 18.8 Å². The fourth-order valence-corrected chi connectivity index (χ4v) is 5.99. The monoisotopic (exact) mass is 401 g/mol. The number of hydrogen-bond acceptors (Lipinski definition) is 4. The van der Waals surface area contributed by atoms with Gasteiger partial charge in [-0.05, 0) is 56.3 Å². The van der Waals surface area contributed by atoms with Gasteiger partial charge in [0.1, 0.15) is 6.04 Å². The molecule has 2 amide bonds. The summed E-state index contributed by atoms with van der Waals surface area (Å²) >= 11 is 1.74. The van der Waals surface area contributed by atoms with Crippen LogP contribution in [0.5, 0.6) is 0 Å². The van der Waals surface area contributed by atoms with Crippen LogP contribution in [0, 0.1) is 5.92 Å². The molecule has 152 valence electrons. The number of carbonyl (C=O) groups excluding carboxylic acids is 2. The summed E-state index contributed by atoms with van der Waals surface area (Å²) < 4.78 is 0. The molecular formula is C22H31N3O2S. The van der Waals surface area contributed by atoms with E-state index in [0.29, 0.717) is 18.7 Å². The molecule has 2 atom stereocenters. The quantitative estimate of drug-likeness (QED) is 0.824. The topological polar surface area (TPSA) is 52.7 Å². The van der Waals surface area contributed by atoms with Gasteiger partial charge in [-0.15, -0.1) is 11.8 Å². The highest BCUT2D eigenvalue weighted by Crippen LogP contribution is 2.47. The molecule has 0 aliphatic carbocycles. The van der Waals surface area contributed by atoms with Crippen molar-refractivity contribution in [3.05, 3.63) is 35.4 Å². The fourth-order valence-electron chi connectivity index (χ4n) is 4.56. The number of piperidine rings is 1. The summed E-state index contributed by atoms with van der Waals surface area (Å²) in [4.78, 5) is 29.0. The molecule has 0 bridgehead atoms. The van der Waals surface area contributed by atoms with Gasteiger partial charge >= 0.3 is 0 Å². The van der Waals surface area contributed by atoms with E-state index in [2.05, 4.69) is 48.3 Å². The lowest BCUT2D eigenvalue weighted by Gasteiger charge is -2.30. The Morgan fingerprint density at radius 3 is 2.61 bits per heavy atom. The van der Waals surface area contributed by atoms with Crippen LogP contribution in [-0.2, 0) is 22.7 Å². The SMILES string of the molecule is CC1CCN(Cc2ccc(CNC(=O)[C@H]3CS[C@]4(C)CCC(=O)N34)cc2)CC1. The summed E-state index contributed by atoms with van der Waals surface area (Å²) in [6, 6.07) is 8.23. The summed E-state index contributed by atoms with van der Waals surface area (Å²) in [5, 5.41) is 3.04. The normalized spacial score (nSPS) is 28.6. The molecule has 3 aliphatic heterocycles. The van der Waals surface area contributed by atoms with Crippen molar-refractivity contribution in [3.63, 3.8) is 0 Å². The first-order valence-electron chi connectivity index (χ1n) is 10.5. The summed E-state index contributed by atoms with van der Waals surface area (Å²) in [6.07, 6.45) is 3.99. The van der Waals surface area contributed by atoms with Gasteiger partial charge in [0.15, 0.2) is 0 Å². The van der Waals surface area contributed by atoms with Crippen LogP contribution in [-0.4, -0.2) is 51.4 Å². The molecule has 0 unspecified atom stereocenters. The molecule has 3 fully saturated rings. The highest BCUT2D eigenvalue weighted by molar-refractivity contribution is 8.01. The fraction of sp³-hybridized carbons (Fsp3) is 0.636. The van der Waals surface area contributed by atoms with Crippen LogP contribution in [0.3, 0.4) is 0 Å². The van der Waals surface area contributed by atoms with Crippen LogP contribution in [0.2, 0.25) is 0 Å². The van der Waals surface area contributed by atoms with Gasteiger partial charge in [-0.25, -0.2) is 0 Å². The van der Waals surface area contributed by atoms with Crippen molar-refractivity contribution in [1.29, 1.82) is 0 Å². The standard InChI is InChI=1S/C22H31N3O2S/c1-16-8-11-24(12-9-16)14-18-5-3-17(4-6-18)13-23-21(27)19-15-28-22(2)10-7-20(26)25(19)22/h3-6,16,19H,7-15H2,1-2H3,(H,23,27)/t19-,22-/m1/s1. The van der Waals surface area contributed by atoms with Crippen LogP contribution in [0.1, 0.15) is 50.7 Å². The summed E-state index contributed by atoms with van der Waals surface area (Å²) in [7, 11) is 0. The van der Waals surface area contributed by atoms with E-state index in [0.717, 1.165) is 24.4 Å². The predicted molar refractivity (Wildman–Crippen MR) is 113 cm³/mol. The molecule has 28 heavy (non-hydrogen) atoms. The Morgan fingerprint density at radius 2 is 1.89 bits per heavy atom. The number of fused-ring (bicyclic) bond motifs is 1. The Labute approximate surface area is 172 Å². The number of rotatable bonds is 5. The Morgan fingerprint density at radius 1 is 1.21 bits per heavy atom. The van der Waals surface area contributed by atoms with E-state index in [1.54, 1.807) is 11.8 Å². The van der Waals surface area contributed by atoms with Crippen molar-refractivity contribution < 1.29 is 9.59 Å². The summed E-state index contributed by atoms with van der Waals surface area (Å²) in [5.41, 5.74) is 2.43. The van der Waals surface area contributed by atoms with E-state index in [-0.39, 0.29) is 22.7 Å². The van der Waals surface area contributed by atoms with Gasteiger partial charge in [-0.3, -0.25) is 14.5 Å². The average Bonchev–Trinajstić information content (AvgIpc) is 3.19. The second kappa shape index (κ2) is 8.07. The Bertz CT molecular complexity index is 730. The molecule has 4 rings (SSSR count). The first-order chi connectivity index (χ1) is 13.4. The van der Waals surface area contributed by atoms with Crippen molar-refractivity contribution in [2.45, 2.75) is 63.5 Å². The van der Waals surface area contributed by atoms with Gasteiger partial charge in [-0.1, -0.05) is 31.2 Å². The zero-order valence-corrected chi connectivity index (χ0v) is 17.8. The number of amides is 2. The minimum Gasteiger partial charge on any atom is -0.350 e. The second-order valence-corrected chi connectivity index (χ2v) is 10.3. The molecule has 3 aliphatic rings. The molecule has 3 saturated heterocycles. The van der Waals surface area contributed by atoms with Gasteiger partial charge < -0.3 is 10.2 Å². The maximum atomic E-state index is 12.7. The number of likely N-dealkylation sites (tertiary alicyclic amines) is 1. The molecule has 0 spiro atoms. The minimum absolute atomic E-state index is 0.0296. The smallest absolute Gasteiger partial charge is 0.243 e. The highest BCUT2D eigenvalue weighted by Gasteiger charge is 2.52. The Balaban J connectivity index is 1.28. The molecule has 1 aromatic rings. The van der Waals surface area contributed by atoms with Gasteiger partial charge in [0.2, 0.25) is 11.8 Å². The van der Waals surface area contributed by atoms with E-state index < -0.39 is 0 Å². The van der Waals surface area contributed by atoms with E-state index in [9.17, 15) is 9.59 Å². The molecule has 0 aromatic heterocycles. The van der Waals surface area contributed by atoms with Crippen LogP contribution in [0.15, 0.2) is 24.3 Å². The molecule has 5 nitrogen and oxygen atoms in total. The largest absolute Gasteiger partial charge is 0.350 e. The van der Waals surface area contributed by atoms with Gasteiger partial charge in [0.25, 0.3) is 0 Å². The Kier molecular flexibility index (Phi) is 5.70. The lowest BCUT2D eigenvalue weighted by atomic mass is 9.99. The van der Waals surface area contributed by atoms with Crippen molar-refractivity contribution in [2.24, 2.45) is 5.92 Å². The maximum absolute atomic E-state index is 12.7. The molecule has 1 N–H and O–H groups in total. The van der Waals surface area contributed by atoms with E-state index >= 15 is 0 Å². The molecule has 0 radical (unpaired) electrons. The van der Waals surface area contributed by atoms with Crippen LogP contribution in [0.4, 0.5) is 0 Å². The molecular weight excluding hydrogens is 370 g/mol. The number of thioether (sulfide) groups is 1. The van der Waals surface area contributed by atoms with Crippen molar-refractivity contribution in [3.8, 4) is 0 Å². The third-order valence-corrected chi connectivity index (χ3v) is 8.02. The lowest BCUT2D eigenvalue weighted by Crippen LogP contribution is -2.49. The molecule has 1 aromatic carbocycles. The highest BCUT2D eigenvalue weighted by atomic mass is 32.2. The van der Waals surface area contributed by atoms with E-state index in [4.69, 9.17) is 0 Å². The second-order valence-electron chi connectivity index (χ2n) is 8.76. The number of nitrogens with one attached hydrogen (secondary N) is 1. The lowest BCUT2D eigenvalue weighted by molar-refractivity contribution is -0.138. The van der Waals surface area contributed by atoms with Gasteiger partial charge in [-0.2, -0.15) is 0 Å². The zero-order valence-electron chi connectivity index (χ0n) is 16.9. The number of carbonyl (C=O) groups is 2. The first-order valence-corrected chi connectivity index (χ1v) is 11.5. The van der Waals surface area contributed by atoms with E-state index in [1.165, 1.54) is 31.5 Å². The minimum atomic E-state index is -0.328. The third-order valence-electron chi connectivity index (χ3n) is 6.52. The molecule has 3 heterocycles. The number of benzene rings is 1. The third kappa shape index (κ3) is 4.08. The van der Waals surface area contributed by atoms with Crippen molar-refractivity contribution in [1.82, 2.24) is 15.1 Å². The molecule has 6 heteroatoms. The van der Waals surface area contributed by atoms with Crippen molar-refractivity contribution >= 4 is 23.6 Å². The Hall–Kier alpha value is -1.53. The maximum Gasteiger partial charge on any atom is 0.243 e. The van der Waals surface area contributed by atoms with Gasteiger partial charge in [0, 0.05) is 25.3 Å². The average molecular weight is 402 g/mol.